The number of hydrogen-bond donors (Lipinski definition) is 1. The molecule has 8 heteroatoms. The van der Waals surface area contributed by atoms with Crippen molar-refractivity contribution < 1.29 is 13.2 Å². The Hall–Kier alpha value is -2.54. The quantitative estimate of drug-likeness (QED) is 0.427. The molecule has 34 heavy (non-hydrogen) atoms. The molecule has 1 aliphatic rings. The minimum atomic E-state index is -4.08. The molecule has 1 N–H and O–H groups in total. The van der Waals surface area contributed by atoms with E-state index in [4.69, 9.17) is 23.2 Å². The zero-order valence-corrected chi connectivity index (χ0v) is 21.3. The van der Waals surface area contributed by atoms with Crippen molar-refractivity contribution in [3.63, 3.8) is 0 Å². The number of rotatable bonds is 7. The Labute approximate surface area is 210 Å². The molecule has 0 saturated carbocycles. The number of amides is 1. The first-order valence-electron chi connectivity index (χ1n) is 11.1. The van der Waals surface area contributed by atoms with Crippen molar-refractivity contribution in [3.05, 3.63) is 93.0 Å². The highest BCUT2D eigenvalue weighted by molar-refractivity contribution is 7.92. The van der Waals surface area contributed by atoms with Gasteiger partial charge in [-0.15, -0.1) is 0 Å². The maximum Gasteiger partial charge on any atom is 0.264 e. The number of benzene rings is 3. The first-order valence-corrected chi connectivity index (χ1v) is 13.3. The lowest BCUT2D eigenvalue weighted by atomic mass is 10.0. The fourth-order valence-electron chi connectivity index (χ4n) is 4.18. The Morgan fingerprint density at radius 1 is 1.03 bits per heavy atom. The van der Waals surface area contributed by atoms with Crippen LogP contribution in [0.1, 0.15) is 41.6 Å². The van der Waals surface area contributed by atoms with Gasteiger partial charge < -0.3 is 5.32 Å². The average molecular weight is 517 g/mol. The summed E-state index contributed by atoms with van der Waals surface area (Å²) in [4.78, 5) is 13.1. The molecule has 0 bridgehead atoms. The number of hydrogen-bond acceptors (Lipinski definition) is 3. The summed E-state index contributed by atoms with van der Waals surface area (Å²) in [5, 5.41) is 3.21. The van der Waals surface area contributed by atoms with Crippen molar-refractivity contribution in [1.29, 1.82) is 0 Å². The summed E-state index contributed by atoms with van der Waals surface area (Å²) in [6, 6.07) is 17.1. The molecule has 0 radical (unpaired) electrons. The van der Waals surface area contributed by atoms with Crippen LogP contribution >= 0.6 is 23.2 Å². The van der Waals surface area contributed by atoms with E-state index in [2.05, 4.69) is 17.4 Å². The second-order valence-electron chi connectivity index (χ2n) is 8.57. The molecule has 0 saturated heterocycles. The van der Waals surface area contributed by atoms with E-state index in [1.807, 2.05) is 19.9 Å². The number of anilines is 1. The van der Waals surface area contributed by atoms with Crippen LogP contribution in [-0.2, 0) is 27.7 Å². The Morgan fingerprint density at radius 2 is 1.74 bits per heavy atom. The number of fused-ring (bicyclic) bond motifs is 1. The summed E-state index contributed by atoms with van der Waals surface area (Å²) in [6.07, 6.45) is 3.27. The summed E-state index contributed by atoms with van der Waals surface area (Å²) in [6.45, 7) is 3.32. The fourth-order valence-corrected chi connectivity index (χ4v) is 6.06. The van der Waals surface area contributed by atoms with E-state index < -0.39 is 22.5 Å². The zero-order chi connectivity index (χ0) is 24.5. The van der Waals surface area contributed by atoms with E-state index in [1.165, 1.54) is 29.3 Å². The monoisotopic (exact) mass is 516 g/mol. The lowest BCUT2D eigenvalue weighted by molar-refractivity contribution is -0.120. The number of nitrogens with one attached hydrogen (secondary N) is 1. The van der Waals surface area contributed by atoms with Crippen molar-refractivity contribution in [3.8, 4) is 0 Å². The summed E-state index contributed by atoms with van der Waals surface area (Å²) in [5.41, 5.74) is 4.73. The van der Waals surface area contributed by atoms with E-state index in [9.17, 15) is 13.2 Å². The molecule has 1 atom stereocenters. The zero-order valence-electron chi connectivity index (χ0n) is 19.0. The predicted octanol–water partition coefficient (Wildman–Crippen LogP) is 5.86. The van der Waals surface area contributed by atoms with Crippen LogP contribution < -0.4 is 9.62 Å². The first-order chi connectivity index (χ1) is 16.2. The first kappa shape index (κ1) is 24.6. The van der Waals surface area contributed by atoms with E-state index in [0.717, 1.165) is 34.7 Å². The third-order valence-electron chi connectivity index (χ3n) is 6.10. The molecule has 0 spiro atoms. The lowest BCUT2D eigenvalue weighted by Gasteiger charge is -2.26. The van der Waals surface area contributed by atoms with Crippen molar-refractivity contribution in [2.45, 2.75) is 44.0 Å². The van der Waals surface area contributed by atoms with Crippen LogP contribution in [0, 0.1) is 6.92 Å². The number of nitrogens with zero attached hydrogens (tertiary/aromatic N) is 1. The van der Waals surface area contributed by atoms with Crippen molar-refractivity contribution in [1.82, 2.24) is 5.32 Å². The maximum atomic E-state index is 13.6. The van der Waals surface area contributed by atoms with Gasteiger partial charge in [-0.05, 0) is 74.1 Å². The Balaban J connectivity index is 1.62. The van der Waals surface area contributed by atoms with E-state index in [0.29, 0.717) is 0 Å². The second kappa shape index (κ2) is 9.98. The normalized spacial score (nSPS) is 13.9. The number of aryl methyl sites for hydroxylation is 3. The molecule has 0 heterocycles. The van der Waals surface area contributed by atoms with Crippen LogP contribution in [0.4, 0.5) is 5.69 Å². The standard InChI is InChI=1S/C26H26Cl2N2O3S/c1-17-9-13-22(14-10-17)34(32,33)30(24-8-4-7-23(27)26(24)28)16-25(31)29-18(2)20-12-11-19-5-3-6-21(19)15-20/h4,7-15,18H,3,5-6,16H2,1-2H3,(H,29,31)/t18-/m1/s1. The van der Waals surface area contributed by atoms with Gasteiger partial charge in [0.25, 0.3) is 10.0 Å². The minimum Gasteiger partial charge on any atom is -0.348 e. The number of halogens is 2. The summed E-state index contributed by atoms with van der Waals surface area (Å²) < 4.78 is 28.2. The van der Waals surface area contributed by atoms with Gasteiger partial charge in [0.05, 0.1) is 26.7 Å². The third-order valence-corrected chi connectivity index (χ3v) is 8.68. The molecule has 5 nitrogen and oxygen atoms in total. The highest BCUT2D eigenvalue weighted by Crippen LogP contribution is 2.35. The van der Waals surface area contributed by atoms with Crippen LogP contribution in [0.15, 0.2) is 65.6 Å². The third kappa shape index (κ3) is 5.09. The van der Waals surface area contributed by atoms with Crippen molar-refractivity contribution in [2.24, 2.45) is 0 Å². The lowest BCUT2D eigenvalue weighted by Crippen LogP contribution is -2.41. The molecule has 0 aliphatic heterocycles. The van der Waals surface area contributed by atoms with Gasteiger partial charge in [-0.3, -0.25) is 9.10 Å². The largest absolute Gasteiger partial charge is 0.348 e. The topological polar surface area (TPSA) is 66.5 Å². The Morgan fingerprint density at radius 3 is 2.47 bits per heavy atom. The highest BCUT2D eigenvalue weighted by Gasteiger charge is 2.30. The highest BCUT2D eigenvalue weighted by atomic mass is 35.5. The molecule has 0 unspecified atom stereocenters. The maximum absolute atomic E-state index is 13.6. The van der Waals surface area contributed by atoms with E-state index in [-0.39, 0.29) is 26.7 Å². The summed E-state index contributed by atoms with van der Waals surface area (Å²) >= 11 is 12.5. The smallest absolute Gasteiger partial charge is 0.264 e. The molecule has 3 aromatic rings. The molecule has 3 aromatic carbocycles. The van der Waals surface area contributed by atoms with Gasteiger partial charge >= 0.3 is 0 Å². The molecule has 0 aromatic heterocycles. The van der Waals surface area contributed by atoms with E-state index in [1.54, 1.807) is 24.3 Å². The number of sulfonamides is 1. The predicted molar refractivity (Wildman–Crippen MR) is 137 cm³/mol. The number of carbonyl (C=O) groups excluding carboxylic acids is 1. The Kier molecular flexibility index (Phi) is 7.22. The fraction of sp³-hybridized carbons (Fsp3) is 0.269. The summed E-state index contributed by atoms with van der Waals surface area (Å²) in [7, 11) is -4.08. The van der Waals surface area contributed by atoms with Gasteiger partial charge in [0.2, 0.25) is 5.91 Å². The second-order valence-corrected chi connectivity index (χ2v) is 11.2. The number of carbonyl (C=O) groups is 1. The van der Waals surface area contributed by atoms with Gasteiger partial charge in [0.15, 0.2) is 0 Å². The van der Waals surface area contributed by atoms with Crippen molar-refractivity contribution in [2.75, 3.05) is 10.8 Å². The van der Waals surface area contributed by atoms with Gasteiger partial charge in [-0.2, -0.15) is 0 Å². The minimum absolute atomic E-state index is 0.0635. The van der Waals surface area contributed by atoms with Crippen molar-refractivity contribution >= 4 is 44.8 Å². The average Bonchev–Trinajstić information content (AvgIpc) is 3.28. The SMILES string of the molecule is Cc1ccc(S(=O)(=O)N(CC(=O)N[C@H](C)c2ccc3c(c2)CCC3)c2cccc(Cl)c2Cl)cc1. The summed E-state index contributed by atoms with van der Waals surface area (Å²) in [5.74, 6) is -0.445. The van der Waals surface area contributed by atoms with Crippen LogP contribution in [0.2, 0.25) is 10.0 Å². The van der Waals surface area contributed by atoms with Gasteiger partial charge in [0, 0.05) is 0 Å². The molecule has 178 valence electrons. The van der Waals surface area contributed by atoms with Crippen LogP contribution in [-0.4, -0.2) is 20.9 Å². The van der Waals surface area contributed by atoms with Crippen LogP contribution in [0.3, 0.4) is 0 Å². The molecule has 1 amide bonds. The Bertz CT molecular complexity index is 1320. The van der Waals surface area contributed by atoms with Gasteiger partial charge in [-0.25, -0.2) is 8.42 Å². The molecule has 0 fully saturated rings. The molecular weight excluding hydrogens is 491 g/mol. The molecule has 1 aliphatic carbocycles. The van der Waals surface area contributed by atoms with Gasteiger partial charge in [0.1, 0.15) is 6.54 Å². The molecule has 4 rings (SSSR count). The van der Waals surface area contributed by atoms with Crippen LogP contribution in [0.25, 0.3) is 0 Å². The van der Waals surface area contributed by atoms with Crippen LogP contribution in [0.5, 0.6) is 0 Å². The van der Waals surface area contributed by atoms with Gasteiger partial charge in [-0.1, -0.05) is 65.2 Å². The molecular formula is C26H26Cl2N2O3S. The van der Waals surface area contributed by atoms with E-state index >= 15 is 0 Å².